The molecule has 0 aromatic heterocycles. The highest BCUT2D eigenvalue weighted by Crippen LogP contribution is 2.39. The first kappa shape index (κ1) is 16.6. The second-order valence-electron chi connectivity index (χ2n) is 5.16. The number of nitro benzene ring substituents is 2. The van der Waals surface area contributed by atoms with Crippen LogP contribution < -0.4 is 4.90 Å². The van der Waals surface area contributed by atoms with Gasteiger partial charge in [-0.25, -0.2) is 4.79 Å². The molecule has 1 fully saturated rings. The summed E-state index contributed by atoms with van der Waals surface area (Å²) in [5, 5.41) is 22.7. The molecule has 0 atom stereocenters. The Morgan fingerprint density at radius 1 is 1.09 bits per heavy atom. The highest BCUT2D eigenvalue weighted by atomic mass is 16.6. The normalized spacial score (nSPS) is 15.3. The number of carbonyl (C=O) groups is 1. The van der Waals surface area contributed by atoms with Crippen LogP contribution in [0.15, 0.2) is 12.1 Å². The van der Waals surface area contributed by atoms with E-state index in [1.165, 1.54) is 0 Å². The number of methoxy groups -OCH3 is 1. The van der Waals surface area contributed by atoms with E-state index < -0.39 is 27.2 Å². The molecule has 1 aliphatic heterocycles. The lowest BCUT2D eigenvalue weighted by molar-refractivity contribution is -0.392. The van der Waals surface area contributed by atoms with Crippen molar-refractivity contribution in [2.45, 2.75) is 0 Å². The third-order valence-electron chi connectivity index (χ3n) is 3.70. The Labute approximate surface area is 131 Å². The Hall–Kier alpha value is -2.75. The van der Waals surface area contributed by atoms with E-state index in [-0.39, 0.29) is 11.3 Å². The lowest BCUT2D eigenvalue weighted by Crippen LogP contribution is -2.44. The van der Waals surface area contributed by atoms with E-state index in [4.69, 9.17) is 0 Å². The number of nitro groups is 2. The van der Waals surface area contributed by atoms with Crippen molar-refractivity contribution in [1.82, 2.24) is 4.90 Å². The maximum atomic E-state index is 11.6. The van der Waals surface area contributed by atoms with E-state index in [2.05, 4.69) is 4.74 Å². The molecule has 124 valence electrons. The largest absolute Gasteiger partial charge is 0.465 e. The van der Waals surface area contributed by atoms with Crippen molar-refractivity contribution in [3.05, 3.63) is 37.9 Å². The number of anilines is 1. The summed E-state index contributed by atoms with van der Waals surface area (Å²) in [5.41, 5.74) is -1.22. The summed E-state index contributed by atoms with van der Waals surface area (Å²) >= 11 is 0. The van der Waals surface area contributed by atoms with E-state index in [9.17, 15) is 25.0 Å². The van der Waals surface area contributed by atoms with Crippen LogP contribution in [0.5, 0.6) is 0 Å². The predicted octanol–water partition coefficient (Wildman–Crippen LogP) is 1.04. The average Bonchev–Trinajstić information content (AvgIpc) is 2.53. The number of ether oxygens (including phenoxy) is 1. The molecule has 0 amide bonds. The molecule has 1 heterocycles. The zero-order valence-corrected chi connectivity index (χ0v) is 12.7. The van der Waals surface area contributed by atoms with Gasteiger partial charge >= 0.3 is 17.3 Å². The van der Waals surface area contributed by atoms with Crippen LogP contribution in [-0.4, -0.2) is 61.1 Å². The maximum Gasteiger partial charge on any atom is 0.338 e. The first-order valence-electron chi connectivity index (χ1n) is 6.83. The molecule has 23 heavy (non-hydrogen) atoms. The third kappa shape index (κ3) is 3.37. The van der Waals surface area contributed by atoms with E-state index >= 15 is 0 Å². The number of esters is 1. The van der Waals surface area contributed by atoms with Crippen molar-refractivity contribution in [2.24, 2.45) is 0 Å². The molecule has 1 aromatic carbocycles. The van der Waals surface area contributed by atoms with Crippen LogP contribution in [0.25, 0.3) is 0 Å². The number of carbonyl (C=O) groups excluding carboxylic acids is 1. The summed E-state index contributed by atoms with van der Waals surface area (Å²) in [7, 11) is 3.01. The van der Waals surface area contributed by atoms with Crippen molar-refractivity contribution in [2.75, 3.05) is 45.2 Å². The summed E-state index contributed by atoms with van der Waals surface area (Å²) in [5.74, 6) is -0.860. The topological polar surface area (TPSA) is 119 Å². The van der Waals surface area contributed by atoms with Crippen LogP contribution in [0, 0.1) is 20.2 Å². The summed E-state index contributed by atoms with van der Waals surface area (Å²) in [6, 6.07) is 2.04. The van der Waals surface area contributed by atoms with E-state index in [0.717, 1.165) is 19.2 Å². The highest BCUT2D eigenvalue weighted by molar-refractivity contribution is 5.94. The van der Waals surface area contributed by atoms with Crippen molar-refractivity contribution >= 4 is 23.0 Å². The van der Waals surface area contributed by atoms with E-state index in [1.54, 1.807) is 4.90 Å². The van der Waals surface area contributed by atoms with Crippen LogP contribution in [-0.2, 0) is 4.74 Å². The van der Waals surface area contributed by atoms with Gasteiger partial charge in [-0.15, -0.1) is 0 Å². The van der Waals surface area contributed by atoms with Gasteiger partial charge in [-0.1, -0.05) is 0 Å². The fourth-order valence-corrected chi connectivity index (χ4v) is 2.47. The standard InChI is InChI=1S/C13H16N4O6/c1-14-3-5-15(6-4-14)12-10(16(19)20)7-9(13(18)23-2)8-11(12)17(21)22/h7-8H,3-6H2,1-2H3. The van der Waals surface area contributed by atoms with Gasteiger partial charge in [0.15, 0.2) is 5.69 Å². The van der Waals surface area contributed by atoms with Crippen LogP contribution in [0.1, 0.15) is 10.4 Å². The summed E-state index contributed by atoms with van der Waals surface area (Å²) in [6.45, 7) is 2.12. The molecule has 0 radical (unpaired) electrons. The average molecular weight is 324 g/mol. The van der Waals surface area contributed by atoms with Gasteiger partial charge in [0.25, 0.3) is 0 Å². The second-order valence-corrected chi connectivity index (χ2v) is 5.16. The van der Waals surface area contributed by atoms with Gasteiger partial charge in [-0.3, -0.25) is 20.2 Å². The molecule has 2 rings (SSSR count). The van der Waals surface area contributed by atoms with Crippen molar-refractivity contribution in [3.8, 4) is 0 Å². The monoisotopic (exact) mass is 324 g/mol. The van der Waals surface area contributed by atoms with Gasteiger partial charge in [-0.05, 0) is 7.05 Å². The quantitative estimate of drug-likeness (QED) is 0.458. The number of likely N-dealkylation sites (N-methyl/N-ethyl adjacent to an activating group) is 1. The summed E-state index contributed by atoms with van der Waals surface area (Å²) < 4.78 is 4.50. The molecule has 0 unspecified atom stereocenters. The first-order chi connectivity index (χ1) is 10.8. The van der Waals surface area contributed by atoms with Crippen LogP contribution >= 0.6 is 0 Å². The zero-order valence-electron chi connectivity index (χ0n) is 12.7. The minimum absolute atomic E-state index is 0.0687. The molecule has 10 nitrogen and oxygen atoms in total. The molecule has 1 aliphatic rings. The molecule has 0 bridgehead atoms. The van der Waals surface area contributed by atoms with Crippen LogP contribution in [0.2, 0.25) is 0 Å². The Morgan fingerprint density at radius 3 is 1.96 bits per heavy atom. The number of hydrogen-bond acceptors (Lipinski definition) is 8. The molecular weight excluding hydrogens is 308 g/mol. The number of benzene rings is 1. The smallest absolute Gasteiger partial charge is 0.338 e. The predicted molar refractivity (Wildman–Crippen MR) is 80.8 cm³/mol. The molecule has 1 saturated heterocycles. The molecule has 0 N–H and O–H groups in total. The van der Waals surface area contributed by atoms with Gasteiger partial charge in [0.2, 0.25) is 0 Å². The third-order valence-corrected chi connectivity index (χ3v) is 3.70. The fourth-order valence-electron chi connectivity index (χ4n) is 2.47. The lowest BCUT2D eigenvalue weighted by atomic mass is 10.1. The Kier molecular flexibility index (Phi) is 4.74. The SMILES string of the molecule is COC(=O)c1cc([N+](=O)[O-])c(N2CCN(C)CC2)c([N+](=O)[O-])c1. The van der Waals surface area contributed by atoms with Gasteiger partial charge in [0, 0.05) is 38.3 Å². The fraction of sp³-hybridized carbons (Fsp3) is 0.462. The first-order valence-corrected chi connectivity index (χ1v) is 6.83. The highest BCUT2D eigenvalue weighted by Gasteiger charge is 2.33. The summed E-state index contributed by atoms with van der Waals surface area (Å²) in [6.07, 6.45) is 0. The maximum absolute atomic E-state index is 11.6. The van der Waals surface area contributed by atoms with E-state index in [1.807, 2.05) is 11.9 Å². The minimum Gasteiger partial charge on any atom is -0.465 e. The molecule has 0 spiro atoms. The Bertz CT molecular complexity index is 619. The molecule has 10 heteroatoms. The van der Waals surface area contributed by atoms with Crippen molar-refractivity contribution in [1.29, 1.82) is 0 Å². The zero-order chi connectivity index (χ0) is 17.1. The lowest BCUT2D eigenvalue weighted by Gasteiger charge is -2.33. The van der Waals surface area contributed by atoms with Gasteiger partial charge in [0.05, 0.1) is 22.5 Å². The van der Waals surface area contributed by atoms with Crippen molar-refractivity contribution < 1.29 is 19.4 Å². The molecule has 1 aromatic rings. The Morgan fingerprint density at radius 2 is 1.57 bits per heavy atom. The van der Waals surface area contributed by atoms with Crippen molar-refractivity contribution in [3.63, 3.8) is 0 Å². The number of piperazine rings is 1. The summed E-state index contributed by atoms with van der Waals surface area (Å²) in [4.78, 5) is 36.5. The molecule has 0 saturated carbocycles. The van der Waals surface area contributed by atoms with Gasteiger partial charge < -0.3 is 14.5 Å². The minimum atomic E-state index is -0.860. The van der Waals surface area contributed by atoms with Gasteiger partial charge in [0.1, 0.15) is 0 Å². The Balaban J connectivity index is 2.60. The number of rotatable bonds is 4. The van der Waals surface area contributed by atoms with Gasteiger partial charge in [-0.2, -0.15) is 0 Å². The number of hydrogen-bond donors (Lipinski definition) is 0. The molecular formula is C13H16N4O6. The second kappa shape index (κ2) is 6.57. The van der Waals surface area contributed by atoms with E-state index in [0.29, 0.717) is 26.2 Å². The van der Waals surface area contributed by atoms with Crippen LogP contribution in [0.4, 0.5) is 17.1 Å². The molecule has 0 aliphatic carbocycles. The number of nitrogens with zero attached hydrogens (tertiary/aromatic N) is 4. The van der Waals surface area contributed by atoms with Crippen LogP contribution in [0.3, 0.4) is 0 Å².